The Morgan fingerprint density at radius 3 is 2.53 bits per heavy atom. The van der Waals surface area contributed by atoms with Gasteiger partial charge in [-0.05, 0) is 43.5 Å². The van der Waals surface area contributed by atoms with Crippen molar-refractivity contribution >= 4 is 11.9 Å². The molecule has 104 valence electrons. The molecule has 0 heterocycles. The van der Waals surface area contributed by atoms with Crippen molar-refractivity contribution in [2.45, 2.75) is 33.2 Å². The van der Waals surface area contributed by atoms with Crippen LogP contribution in [0.15, 0.2) is 18.2 Å². The van der Waals surface area contributed by atoms with Gasteiger partial charge in [-0.15, -0.1) is 0 Å². The molecule has 0 fully saturated rings. The highest BCUT2D eigenvalue weighted by molar-refractivity contribution is 5.84. The Morgan fingerprint density at radius 1 is 1.32 bits per heavy atom. The van der Waals surface area contributed by atoms with Crippen molar-refractivity contribution in [1.82, 2.24) is 5.32 Å². The lowest BCUT2D eigenvalue weighted by atomic mass is 10.1. The van der Waals surface area contributed by atoms with Gasteiger partial charge in [-0.3, -0.25) is 4.79 Å². The standard InChI is InChI=1S/C14H19NO4/c1-4-12(14(17)18)15-13(16)8-19-11-6-5-9(2)10(3)7-11/h5-7,12H,4,8H2,1-3H3,(H,15,16)(H,17,18)/t12-/m1/s1. The first kappa shape index (κ1) is 15.0. The zero-order valence-electron chi connectivity index (χ0n) is 11.4. The SMILES string of the molecule is CC[C@@H](NC(=O)COc1ccc(C)c(C)c1)C(=O)O. The first-order valence-corrected chi connectivity index (χ1v) is 6.16. The van der Waals surface area contributed by atoms with Gasteiger partial charge in [-0.25, -0.2) is 4.79 Å². The topological polar surface area (TPSA) is 75.6 Å². The Kier molecular flexibility index (Phi) is 5.36. The number of aryl methyl sites for hydroxylation is 2. The third-order valence-electron chi connectivity index (χ3n) is 2.89. The molecule has 0 unspecified atom stereocenters. The second kappa shape index (κ2) is 6.78. The maximum atomic E-state index is 11.5. The van der Waals surface area contributed by atoms with Gasteiger partial charge in [0.25, 0.3) is 5.91 Å². The minimum Gasteiger partial charge on any atom is -0.484 e. The molecule has 1 aromatic carbocycles. The summed E-state index contributed by atoms with van der Waals surface area (Å²) in [6.07, 6.45) is 0.338. The number of nitrogens with one attached hydrogen (secondary N) is 1. The van der Waals surface area contributed by atoms with Crippen molar-refractivity contribution in [2.75, 3.05) is 6.61 Å². The molecule has 1 amide bonds. The van der Waals surface area contributed by atoms with Crippen LogP contribution in [0, 0.1) is 13.8 Å². The van der Waals surface area contributed by atoms with Gasteiger partial charge in [0.1, 0.15) is 11.8 Å². The normalized spacial score (nSPS) is 11.7. The minimum atomic E-state index is -1.04. The molecule has 0 aliphatic heterocycles. The molecule has 1 atom stereocenters. The summed E-state index contributed by atoms with van der Waals surface area (Å²) in [4.78, 5) is 22.3. The summed E-state index contributed by atoms with van der Waals surface area (Å²) in [5.74, 6) is -0.879. The zero-order chi connectivity index (χ0) is 14.4. The molecular weight excluding hydrogens is 246 g/mol. The van der Waals surface area contributed by atoms with E-state index in [0.29, 0.717) is 12.2 Å². The monoisotopic (exact) mass is 265 g/mol. The average Bonchev–Trinajstić information content (AvgIpc) is 2.37. The molecule has 0 aliphatic carbocycles. The minimum absolute atomic E-state index is 0.188. The Labute approximate surface area is 112 Å². The fourth-order valence-electron chi connectivity index (χ4n) is 1.53. The third-order valence-corrected chi connectivity index (χ3v) is 2.89. The van der Waals surface area contributed by atoms with E-state index in [1.807, 2.05) is 26.0 Å². The van der Waals surface area contributed by atoms with Gasteiger partial charge < -0.3 is 15.2 Å². The highest BCUT2D eigenvalue weighted by Gasteiger charge is 2.17. The number of carbonyl (C=O) groups is 2. The lowest BCUT2D eigenvalue weighted by Gasteiger charge is -2.13. The van der Waals surface area contributed by atoms with E-state index in [2.05, 4.69) is 5.32 Å². The van der Waals surface area contributed by atoms with Gasteiger partial charge in [0.15, 0.2) is 6.61 Å². The van der Waals surface area contributed by atoms with E-state index in [0.717, 1.165) is 11.1 Å². The molecule has 5 heteroatoms. The van der Waals surface area contributed by atoms with E-state index >= 15 is 0 Å². The van der Waals surface area contributed by atoms with Gasteiger partial charge in [0, 0.05) is 0 Å². The molecular formula is C14H19NO4. The second-order valence-corrected chi connectivity index (χ2v) is 4.40. The van der Waals surface area contributed by atoms with Gasteiger partial charge in [-0.2, -0.15) is 0 Å². The maximum Gasteiger partial charge on any atom is 0.326 e. The molecule has 2 N–H and O–H groups in total. The number of carboxylic acids is 1. The smallest absolute Gasteiger partial charge is 0.326 e. The summed E-state index contributed by atoms with van der Waals surface area (Å²) in [7, 11) is 0. The molecule has 19 heavy (non-hydrogen) atoms. The highest BCUT2D eigenvalue weighted by atomic mass is 16.5. The number of carboxylic acid groups (broad SMARTS) is 1. The van der Waals surface area contributed by atoms with E-state index < -0.39 is 17.9 Å². The van der Waals surface area contributed by atoms with E-state index in [4.69, 9.17) is 9.84 Å². The van der Waals surface area contributed by atoms with Gasteiger partial charge in [-0.1, -0.05) is 13.0 Å². The molecule has 0 saturated carbocycles. The molecule has 5 nitrogen and oxygen atoms in total. The summed E-state index contributed by atoms with van der Waals surface area (Å²) in [6.45, 7) is 5.46. The molecule has 0 bridgehead atoms. The van der Waals surface area contributed by atoms with Crippen LogP contribution in [-0.4, -0.2) is 29.6 Å². The number of aliphatic carboxylic acids is 1. The summed E-state index contributed by atoms with van der Waals surface area (Å²) in [5, 5.41) is 11.2. The van der Waals surface area contributed by atoms with Crippen molar-refractivity contribution in [1.29, 1.82) is 0 Å². The van der Waals surface area contributed by atoms with Crippen LogP contribution in [-0.2, 0) is 9.59 Å². The summed E-state index contributed by atoms with van der Waals surface area (Å²) in [5.41, 5.74) is 2.23. The van der Waals surface area contributed by atoms with E-state index in [9.17, 15) is 9.59 Å². The predicted octanol–water partition coefficient (Wildman–Crippen LogP) is 1.66. The number of carbonyl (C=O) groups excluding carboxylic acids is 1. The zero-order valence-corrected chi connectivity index (χ0v) is 11.4. The second-order valence-electron chi connectivity index (χ2n) is 4.40. The van der Waals surface area contributed by atoms with Crippen LogP contribution in [0.4, 0.5) is 0 Å². The van der Waals surface area contributed by atoms with Crippen LogP contribution in [0.25, 0.3) is 0 Å². The third kappa shape index (κ3) is 4.62. The number of benzene rings is 1. The number of hydrogen-bond donors (Lipinski definition) is 2. The Hall–Kier alpha value is -2.04. The molecule has 0 aliphatic rings. The van der Waals surface area contributed by atoms with Crippen molar-refractivity contribution in [3.8, 4) is 5.75 Å². The number of rotatable bonds is 6. The van der Waals surface area contributed by atoms with Crippen molar-refractivity contribution in [3.05, 3.63) is 29.3 Å². The maximum absolute atomic E-state index is 11.5. The largest absolute Gasteiger partial charge is 0.484 e. The summed E-state index contributed by atoms with van der Waals surface area (Å²) in [6, 6.07) is 4.67. The van der Waals surface area contributed by atoms with Crippen LogP contribution in [0.1, 0.15) is 24.5 Å². The molecule has 0 radical (unpaired) electrons. The molecule has 0 aromatic heterocycles. The number of amides is 1. The van der Waals surface area contributed by atoms with Gasteiger partial charge in [0.05, 0.1) is 0 Å². The van der Waals surface area contributed by atoms with Gasteiger partial charge >= 0.3 is 5.97 Å². The lowest BCUT2D eigenvalue weighted by molar-refractivity contribution is -0.142. The van der Waals surface area contributed by atoms with E-state index in [1.54, 1.807) is 13.0 Å². The first-order chi connectivity index (χ1) is 8.93. The molecule has 1 rings (SSSR count). The first-order valence-electron chi connectivity index (χ1n) is 6.16. The van der Waals surface area contributed by atoms with Crippen molar-refractivity contribution in [2.24, 2.45) is 0 Å². The fourth-order valence-corrected chi connectivity index (χ4v) is 1.53. The highest BCUT2D eigenvalue weighted by Crippen LogP contribution is 2.16. The lowest BCUT2D eigenvalue weighted by Crippen LogP contribution is -2.42. The van der Waals surface area contributed by atoms with Crippen LogP contribution < -0.4 is 10.1 Å². The van der Waals surface area contributed by atoms with E-state index in [1.165, 1.54) is 0 Å². The number of ether oxygens (including phenoxy) is 1. The summed E-state index contributed by atoms with van der Waals surface area (Å²) >= 11 is 0. The average molecular weight is 265 g/mol. The Morgan fingerprint density at radius 2 is 2.00 bits per heavy atom. The Bertz CT molecular complexity index is 471. The van der Waals surface area contributed by atoms with Crippen molar-refractivity contribution < 1.29 is 19.4 Å². The van der Waals surface area contributed by atoms with Crippen molar-refractivity contribution in [3.63, 3.8) is 0 Å². The fraction of sp³-hybridized carbons (Fsp3) is 0.429. The van der Waals surface area contributed by atoms with Crippen LogP contribution >= 0.6 is 0 Å². The molecule has 0 saturated heterocycles. The molecule has 0 spiro atoms. The molecule has 1 aromatic rings. The van der Waals surface area contributed by atoms with E-state index in [-0.39, 0.29) is 6.61 Å². The summed E-state index contributed by atoms with van der Waals surface area (Å²) < 4.78 is 5.32. The van der Waals surface area contributed by atoms with Gasteiger partial charge in [0.2, 0.25) is 0 Å². The van der Waals surface area contributed by atoms with Crippen LogP contribution in [0.2, 0.25) is 0 Å². The van der Waals surface area contributed by atoms with Crippen LogP contribution in [0.3, 0.4) is 0 Å². The Balaban J connectivity index is 2.49. The predicted molar refractivity (Wildman–Crippen MR) is 71.3 cm³/mol. The number of hydrogen-bond acceptors (Lipinski definition) is 3. The van der Waals surface area contributed by atoms with Crippen LogP contribution in [0.5, 0.6) is 5.75 Å². The quantitative estimate of drug-likeness (QED) is 0.820.